The fourth-order valence-corrected chi connectivity index (χ4v) is 3.89. The van der Waals surface area contributed by atoms with Gasteiger partial charge in [-0.25, -0.2) is 0 Å². The van der Waals surface area contributed by atoms with Crippen LogP contribution < -0.4 is 4.74 Å². The molecular formula is C22H26O6. The fourth-order valence-electron chi connectivity index (χ4n) is 3.89. The predicted molar refractivity (Wildman–Crippen MR) is 103 cm³/mol. The third kappa shape index (κ3) is 3.69. The van der Waals surface area contributed by atoms with Crippen molar-refractivity contribution in [1.29, 1.82) is 0 Å². The van der Waals surface area contributed by atoms with E-state index < -0.39 is 17.5 Å². The summed E-state index contributed by atoms with van der Waals surface area (Å²) in [6.45, 7) is 7.70. The lowest BCUT2D eigenvalue weighted by Gasteiger charge is -2.37. The molecule has 150 valence electrons. The van der Waals surface area contributed by atoms with E-state index in [-0.39, 0.29) is 31.5 Å². The third-order valence-corrected chi connectivity index (χ3v) is 5.51. The number of fused-ring (bicyclic) bond motifs is 1. The summed E-state index contributed by atoms with van der Waals surface area (Å²) in [7, 11) is 1.65. The van der Waals surface area contributed by atoms with Crippen molar-refractivity contribution < 1.29 is 28.5 Å². The Bertz CT molecular complexity index is 811. The van der Waals surface area contributed by atoms with Crippen molar-refractivity contribution in [2.45, 2.75) is 32.3 Å². The van der Waals surface area contributed by atoms with E-state index in [0.29, 0.717) is 12.2 Å². The largest absolute Gasteiger partial charge is 0.496 e. The number of esters is 1. The Kier molecular flexibility index (Phi) is 5.89. The molecule has 0 saturated carbocycles. The molecule has 28 heavy (non-hydrogen) atoms. The first-order chi connectivity index (χ1) is 13.4. The topological polar surface area (TPSA) is 71.1 Å². The average molecular weight is 386 g/mol. The lowest BCUT2D eigenvalue weighted by molar-refractivity contribution is -0.154. The third-order valence-electron chi connectivity index (χ3n) is 5.51. The summed E-state index contributed by atoms with van der Waals surface area (Å²) in [5.74, 6) is -0.478. The van der Waals surface area contributed by atoms with Crippen LogP contribution in [0.5, 0.6) is 5.75 Å². The molecular weight excluding hydrogens is 360 g/mol. The molecule has 1 unspecified atom stereocenters. The smallest absolute Gasteiger partial charge is 0.317 e. The van der Waals surface area contributed by atoms with Crippen molar-refractivity contribution in [3.05, 3.63) is 53.8 Å². The Morgan fingerprint density at radius 3 is 2.96 bits per heavy atom. The number of carbonyl (C=O) groups excluding carboxylic acids is 2. The van der Waals surface area contributed by atoms with Crippen molar-refractivity contribution in [3.8, 4) is 5.75 Å². The quantitative estimate of drug-likeness (QED) is 0.407. The Morgan fingerprint density at radius 2 is 2.25 bits per heavy atom. The monoisotopic (exact) mass is 386 g/mol. The van der Waals surface area contributed by atoms with Crippen LogP contribution in [0, 0.1) is 18.8 Å². The molecule has 1 heterocycles. The van der Waals surface area contributed by atoms with Crippen molar-refractivity contribution in [2.24, 2.45) is 11.8 Å². The van der Waals surface area contributed by atoms with Gasteiger partial charge in [-0.3, -0.25) is 9.59 Å². The summed E-state index contributed by atoms with van der Waals surface area (Å²) in [6.07, 6.45) is 3.76. The minimum absolute atomic E-state index is 0.0310. The number of carbonyl (C=O) groups is 2. The zero-order valence-electron chi connectivity index (χ0n) is 16.5. The molecule has 3 atom stereocenters. The molecule has 6 heteroatoms. The number of hydrogen-bond donors (Lipinski definition) is 0. The maximum absolute atomic E-state index is 12.4. The second-order valence-electron chi connectivity index (χ2n) is 7.29. The Labute approximate surface area is 165 Å². The van der Waals surface area contributed by atoms with E-state index in [4.69, 9.17) is 18.9 Å². The molecule has 0 bridgehead atoms. The number of ether oxygens (including phenoxy) is 4. The van der Waals surface area contributed by atoms with Crippen LogP contribution >= 0.6 is 0 Å². The van der Waals surface area contributed by atoms with Gasteiger partial charge in [0.1, 0.15) is 29.6 Å². The minimum Gasteiger partial charge on any atom is -0.496 e. The second-order valence-corrected chi connectivity index (χ2v) is 7.29. The van der Waals surface area contributed by atoms with E-state index in [1.807, 2.05) is 32.0 Å². The van der Waals surface area contributed by atoms with E-state index in [0.717, 1.165) is 16.9 Å². The van der Waals surface area contributed by atoms with Crippen LogP contribution in [0.3, 0.4) is 0 Å². The number of methoxy groups -OCH3 is 1. The summed E-state index contributed by atoms with van der Waals surface area (Å²) in [5.41, 5.74) is 1.32. The van der Waals surface area contributed by atoms with E-state index >= 15 is 0 Å². The van der Waals surface area contributed by atoms with E-state index in [1.54, 1.807) is 7.11 Å². The number of benzene rings is 1. The molecule has 0 radical (unpaired) electrons. The van der Waals surface area contributed by atoms with Crippen molar-refractivity contribution in [1.82, 2.24) is 0 Å². The van der Waals surface area contributed by atoms with Gasteiger partial charge in [-0.05, 0) is 36.5 Å². The van der Waals surface area contributed by atoms with E-state index in [2.05, 4.69) is 6.58 Å². The van der Waals surface area contributed by atoms with Gasteiger partial charge < -0.3 is 18.9 Å². The van der Waals surface area contributed by atoms with Gasteiger partial charge in [0.25, 0.3) is 0 Å². The highest BCUT2D eigenvalue weighted by Gasteiger charge is 2.53. The van der Waals surface area contributed by atoms with Gasteiger partial charge in [-0.2, -0.15) is 0 Å². The van der Waals surface area contributed by atoms with Crippen LogP contribution in [0.1, 0.15) is 24.5 Å². The van der Waals surface area contributed by atoms with Gasteiger partial charge in [0, 0.05) is 12.5 Å². The van der Waals surface area contributed by atoms with Gasteiger partial charge in [-0.1, -0.05) is 31.7 Å². The van der Waals surface area contributed by atoms with E-state index in [1.165, 1.54) is 12.2 Å². The highest BCUT2D eigenvalue weighted by atomic mass is 16.7. The standard InChI is InChI=1S/C22H26O6/c1-5-8-26-21(24)17-12-22(20(11-18(17)23)27-13-28-22)15(3)9-16-7-6-14(2)19(10-16)25-4/h5-7,10-11,15,17H,1,8-9,12-13H2,2-4H3/t15?,17-,22-/m1/s1. The van der Waals surface area contributed by atoms with Crippen LogP contribution in [0.2, 0.25) is 0 Å². The molecule has 1 aliphatic heterocycles. The maximum Gasteiger partial charge on any atom is 0.317 e. The summed E-state index contributed by atoms with van der Waals surface area (Å²) in [5, 5.41) is 0. The number of allylic oxidation sites excluding steroid dienone is 1. The molecule has 1 aromatic rings. The zero-order valence-corrected chi connectivity index (χ0v) is 16.5. The van der Waals surface area contributed by atoms with Crippen LogP contribution in [0.4, 0.5) is 0 Å². The molecule has 6 nitrogen and oxygen atoms in total. The summed E-state index contributed by atoms with van der Waals surface area (Å²) < 4.78 is 22.1. The molecule has 0 amide bonds. The maximum atomic E-state index is 12.4. The second kappa shape index (κ2) is 8.19. The van der Waals surface area contributed by atoms with Gasteiger partial charge in [0.05, 0.1) is 7.11 Å². The lowest BCUT2D eigenvalue weighted by atomic mass is 9.72. The molecule has 1 aliphatic carbocycles. The highest BCUT2D eigenvalue weighted by molar-refractivity contribution is 6.06. The van der Waals surface area contributed by atoms with Gasteiger partial charge in [0.2, 0.25) is 0 Å². The Morgan fingerprint density at radius 1 is 1.46 bits per heavy atom. The molecule has 0 N–H and O–H groups in total. The minimum atomic E-state index is -0.902. The number of rotatable bonds is 7. The van der Waals surface area contributed by atoms with Crippen LogP contribution in [-0.2, 0) is 30.2 Å². The van der Waals surface area contributed by atoms with Crippen molar-refractivity contribution in [2.75, 3.05) is 20.5 Å². The first-order valence-electron chi connectivity index (χ1n) is 9.35. The van der Waals surface area contributed by atoms with Crippen molar-refractivity contribution in [3.63, 3.8) is 0 Å². The number of hydrogen-bond acceptors (Lipinski definition) is 6. The lowest BCUT2D eigenvalue weighted by Crippen LogP contribution is -2.47. The molecule has 1 aromatic carbocycles. The molecule has 1 saturated heterocycles. The summed E-state index contributed by atoms with van der Waals surface area (Å²) in [6, 6.07) is 6.07. The first-order valence-corrected chi connectivity index (χ1v) is 9.35. The Hall–Kier alpha value is -2.60. The number of aryl methyl sites for hydroxylation is 1. The van der Waals surface area contributed by atoms with Gasteiger partial charge >= 0.3 is 5.97 Å². The first kappa shape index (κ1) is 20.1. The molecule has 1 fully saturated rings. The van der Waals surface area contributed by atoms with Crippen molar-refractivity contribution >= 4 is 11.8 Å². The number of ketones is 1. The van der Waals surface area contributed by atoms with Crippen LogP contribution in [0.15, 0.2) is 42.7 Å². The molecule has 3 rings (SSSR count). The summed E-state index contributed by atoms with van der Waals surface area (Å²) in [4.78, 5) is 24.8. The molecule has 0 aromatic heterocycles. The van der Waals surface area contributed by atoms with Gasteiger partial charge in [0.15, 0.2) is 12.6 Å². The molecule has 0 spiro atoms. The average Bonchev–Trinajstić information content (AvgIpc) is 3.10. The zero-order chi connectivity index (χ0) is 20.3. The van der Waals surface area contributed by atoms with Gasteiger partial charge in [-0.15, -0.1) is 0 Å². The SMILES string of the molecule is C=CCOC(=O)[C@@H]1C[C@]2(C(C)Cc3ccc(C)c(OC)c3)OCOC2=CC1=O. The van der Waals surface area contributed by atoms with Crippen LogP contribution in [-0.4, -0.2) is 37.9 Å². The van der Waals surface area contributed by atoms with Crippen LogP contribution in [0.25, 0.3) is 0 Å². The summed E-state index contributed by atoms with van der Waals surface area (Å²) >= 11 is 0. The predicted octanol–water partition coefficient (Wildman–Crippen LogP) is 3.13. The van der Waals surface area contributed by atoms with E-state index in [9.17, 15) is 9.59 Å². The Balaban J connectivity index is 1.85. The molecule has 2 aliphatic rings. The highest BCUT2D eigenvalue weighted by Crippen LogP contribution is 2.46. The normalized spacial score (nSPS) is 24.6. The fraction of sp³-hybridized carbons (Fsp3) is 0.455.